The van der Waals surface area contributed by atoms with Crippen LogP contribution in [0, 0.1) is 10.1 Å². The number of carbonyl (C=O) groups excluding carboxylic acids is 1. The van der Waals surface area contributed by atoms with Crippen LogP contribution >= 0.6 is 0 Å². The van der Waals surface area contributed by atoms with Crippen LogP contribution in [0.15, 0.2) is 53.6 Å². The van der Waals surface area contributed by atoms with Crippen LogP contribution in [0.4, 0.5) is 5.69 Å². The predicted octanol–water partition coefficient (Wildman–Crippen LogP) is 1.89. The summed E-state index contributed by atoms with van der Waals surface area (Å²) in [7, 11) is 0. The van der Waals surface area contributed by atoms with Crippen molar-refractivity contribution in [3.63, 3.8) is 0 Å². The molecule has 8 heteroatoms. The summed E-state index contributed by atoms with van der Waals surface area (Å²) in [4.78, 5) is 41.4. The molecule has 0 atom stereocenters. The Morgan fingerprint density at radius 2 is 1.96 bits per heavy atom. The highest BCUT2D eigenvalue weighted by molar-refractivity contribution is 5.81. The molecule has 0 saturated heterocycles. The third-order valence-corrected chi connectivity index (χ3v) is 4.81. The molecule has 1 aromatic heterocycles. The monoisotopic (exact) mass is 364 g/mol. The Morgan fingerprint density at radius 3 is 2.74 bits per heavy atom. The van der Waals surface area contributed by atoms with E-state index < -0.39 is 4.92 Å². The molecule has 0 N–H and O–H groups in total. The lowest BCUT2D eigenvalue weighted by molar-refractivity contribution is -0.384. The number of rotatable bonds is 3. The first kappa shape index (κ1) is 16.9. The molecule has 1 aliphatic heterocycles. The second-order valence-electron chi connectivity index (χ2n) is 6.47. The zero-order valence-corrected chi connectivity index (χ0v) is 14.4. The van der Waals surface area contributed by atoms with E-state index in [1.54, 1.807) is 4.90 Å². The number of nitro groups is 1. The zero-order valence-electron chi connectivity index (χ0n) is 14.4. The van der Waals surface area contributed by atoms with Crippen molar-refractivity contribution in [1.29, 1.82) is 0 Å². The number of hydrogen-bond acceptors (Lipinski definition) is 5. The number of nitro benzene ring substituents is 1. The molecular weight excluding hydrogens is 348 g/mol. The summed E-state index contributed by atoms with van der Waals surface area (Å²) < 4.78 is 1.25. The molecule has 0 radical (unpaired) electrons. The van der Waals surface area contributed by atoms with Gasteiger partial charge in [0.2, 0.25) is 5.91 Å². The topological polar surface area (TPSA) is 98.3 Å². The summed E-state index contributed by atoms with van der Waals surface area (Å²) >= 11 is 0. The maximum atomic E-state index is 12.7. The van der Waals surface area contributed by atoms with Gasteiger partial charge in [0.1, 0.15) is 6.54 Å². The number of hydrogen-bond donors (Lipinski definition) is 0. The minimum Gasteiger partial charge on any atom is -0.336 e. The maximum Gasteiger partial charge on any atom is 0.271 e. The fourth-order valence-corrected chi connectivity index (χ4v) is 3.33. The second kappa shape index (κ2) is 6.64. The molecule has 1 aliphatic rings. The number of non-ortho nitro benzene ring substituents is 1. The van der Waals surface area contributed by atoms with E-state index in [9.17, 15) is 19.7 Å². The van der Waals surface area contributed by atoms with Gasteiger partial charge in [0.05, 0.1) is 22.2 Å². The van der Waals surface area contributed by atoms with Crippen LogP contribution in [0.25, 0.3) is 10.9 Å². The highest BCUT2D eigenvalue weighted by atomic mass is 16.6. The minimum atomic E-state index is -0.537. The lowest BCUT2D eigenvalue weighted by Gasteiger charge is -2.29. The molecule has 2 heterocycles. The number of nitrogens with zero attached hydrogens (tertiary/aromatic N) is 4. The molecular formula is C19H16N4O4. The van der Waals surface area contributed by atoms with E-state index in [-0.39, 0.29) is 34.6 Å². The van der Waals surface area contributed by atoms with Gasteiger partial charge in [0, 0.05) is 25.2 Å². The molecule has 0 saturated carbocycles. The first-order chi connectivity index (χ1) is 13.0. The van der Waals surface area contributed by atoms with Gasteiger partial charge >= 0.3 is 0 Å². The Morgan fingerprint density at radius 1 is 1.19 bits per heavy atom. The van der Waals surface area contributed by atoms with E-state index in [4.69, 9.17) is 0 Å². The van der Waals surface area contributed by atoms with Gasteiger partial charge in [-0.3, -0.25) is 24.3 Å². The number of benzene rings is 2. The van der Waals surface area contributed by atoms with Crippen molar-refractivity contribution in [2.45, 2.75) is 19.5 Å². The molecule has 8 nitrogen and oxygen atoms in total. The molecule has 0 unspecified atom stereocenters. The zero-order chi connectivity index (χ0) is 19.0. The Balaban J connectivity index is 1.57. The van der Waals surface area contributed by atoms with Gasteiger partial charge in [0.25, 0.3) is 11.2 Å². The van der Waals surface area contributed by atoms with E-state index in [0.29, 0.717) is 13.1 Å². The van der Waals surface area contributed by atoms with Crippen LogP contribution in [0.2, 0.25) is 0 Å². The second-order valence-corrected chi connectivity index (χ2v) is 6.47. The van der Waals surface area contributed by atoms with Gasteiger partial charge in [-0.2, -0.15) is 0 Å². The third kappa shape index (κ3) is 3.17. The van der Waals surface area contributed by atoms with Crippen LogP contribution in [0.1, 0.15) is 11.1 Å². The number of amides is 1. The quantitative estimate of drug-likeness (QED) is 0.522. The van der Waals surface area contributed by atoms with Crippen molar-refractivity contribution >= 4 is 22.5 Å². The molecule has 2 aromatic carbocycles. The molecule has 0 bridgehead atoms. The van der Waals surface area contributed by atoms with Crippen molar-refractivity contribution < 1.29 is 9.72 Å². The van der Waals surface area contributed by atoms with Crippen LogP contribution in [0.5, 0.6) is 0 Å². The van der Waals surface area contributed by atoms with Crippen LogP contribution in [-0.2, 0) is 24.3 Å². The average Bonchev–Trinajstić information content (AvgIpc) is 2.69. The maximum absolute atomic E-state index is 12.7. The smallest absolute Gasteiger partial charge is 0.271 e. The highest BCUT2D eigenvalue weighted by Crippen LogP contribution is 2.19. The first-order valence-electron chi connectivity index (χ1n) is 8.51. The van der Waals surface area contributed by atoms with E-state index >= 15 is 0 Å². The van der Waals surface area contributed by atoms with Crippen molar-refractivity contribution in [2.24, 2.45) is 0 Å². The van der Waals surface area contributed by atoms with Crippen LogP contribution in [-0.4, -0.2) is 31.8 Å². The number of aromatic nitrogens is 2. The van der Waals surface area contributed by atoms with Crippen molar-refractivity contribution in [2.75, 3.05) is 6.54 Å². The Bertz CT molecular complexity index is 1120. The molecule has 0 aliphatic carbocycles. The highest BCUT2D eigenvalue weighted by Gasteiger charge is 2.21. The van der Waals surface area contributed by atoms with Gasteiger partial charge in [-0.05, 0) is 23.6 Å². The average molecular weight is 364 g/mol. The van der Waals surface area contributed by atoms with E-state index in [1.165, 1.54) is 34.7 Å². The molecule has 3 aromatic rings. The fraction of sp³-hybridized carbons (Fsp3) is 0.211. The van der Waals surface area contributed by atoms with E-state index in [1.807, 2.05) is 18.2 Å². The third-order valence-electron chi connectivity index (χ3n) is 4.81. The van der Waals surface area contributed by atoms with Gasteiger partial charge in [-0.15, -0.1) is 0 Å². The van der Waals surface area contributed by atoms with Gasteiger partial charge < -0.3 is 4.90 Å². The first-order valence-corrected chi connectivity index (χ1v) is 8.51. The van der Waals surface area contributed by atoms with E-state index in [2.05, 4.69) is 11.1 Å². The molecule has 4 rings (SSSR count). The van der Waals surface area contributed by atoms with E-state index in [0.717, 1.165) is 12.0 Å². The van der Waals surface area contributed by atoms with Gasteiger partial charge in [-0.1, -0.05) is 24.3 Å². The summed E-state index contributed by atoms with van der Waals surface area (Å²) in [5.74, 6) is -0.158. The number of fused-ring (bicyclic) bond motifs is 2. The molecule has 136 valence electrons. The van der Waals surface area contributed by atoms with Crippen LogP contribution in [0.3, 0.4) is 0 Å². The fourth-order valence-electron chi connectivity index (χ4n) is 3.33. The Labute approximate surface area is 153 Å². The molecule has 0 spiro atoms. The Kier molecular flexibility index (Phi) is 4.15. The Hall–Kier alpha value is -3.55. The van der Waals surface area contributed by atoms with Crippen molar-refractivity contribution in [1.82, 2.24) is 14.5 Å². The summed E-state index contributed by atoms with van der Waals surface area (Å²) in [5, 5.41) is 11.1. The molecule has 1 amide bonds. The predicted molar refractivity (Wildman–Crippen MR) is 98.2 cm³/mol. The summed E-state index contributed by atoms with van der Waals surface area (Å²) in [6.45, 7) is 1.02. The SMILES string of the molecule is O=C(Cn1cnc2cc([N+](=O)[O-])ccc2c1=O)N1CCc2ccccc2C1. The lowest BCUT2D eigenvalue weighted by Crippen LogP contribution is -2.39. The van der Waals surface area contributed by atoms with Gasteiger partial charge in [-0.25, -0.2) is 4.98 Å². The molecule has 27 heavy (non-hydrogen) atoms. The van der Waals surface area contributed by atoms with Gasteiger partial charge in [0.15, 0.2) is 0 Å². The molecule has 0 fully saturated rings. The van der Waals surface area contributed by atoms with Crippen LogP contribution < -0.4 is 5.56 Å². The summed E-state index contributed by atoms with van der Waals surface area (Å²) in [6.07, 6.45) is 2.06. The summed E-state index contributed by atoms with van der Waals surface area (Å²) in [6, 6.07) is 11.9. The number of carbonyl (C=O) groups is 1. The minimum absolute atomic E-state index is 0.110. The van der Waals surface area contributed by atoms with Crippen molar-refractivity contribution in [3.05, 3.63) is 80.4 Å². The summed E-state index contributed by atoms with van der Waals surface area (Å²) in [5.41, 5.74) is 2.08. The normalized spacial score (nSPS) is 13.4. The lowest BCUT2D eigenvalue weighted by atomic mass is 10.00. The largest absolute Gasteiger partial charge is 0.336 e. The standard InChI is InChI=1S/C19H16N4O4/c24-18(21-8-7-13-3-1-2-4-14(13)10-21)11-22-12-20-17-9-15(23(26)27)5-6-16(17)19(22)25/h1-6,9,12H,7-8,10-11H2. The van der Waals surface area contributed by atoms with Crippen molar-refractivity contribution in [3.8, 4) is 0 Å².